The van der Waals surface area contributed by atoms with Crippen molar-refractivity contribution in [1.82, 2.24) is 25.2 Å². The highest BCUT2D eigenvalue weighted by atomic mass is 32.1. The van der Waals surface area contributed by atoms with Crippen molar-refractivity contribution in [3.05, 3.63) is 63.0 Å². The third-order valence-electron chi connectivity index (χ3n) is 8.79. The Balaban J connectivity index is 1.43. The van der Waals surface area contributed by atoms with Crippen molar-refractivity contribution in [3.8, 4) is 0 Å². The number of ether oxygens (including phenoxy) is 3. The van der Waals surface area contributed by atoms with Gasteiger partial charge >= 0.3 is 11.9 Å². The van der Waals surface area contributed by atoms with Gasteiger partial charge in [-0.1, -0.05) is 12.1 Å². The molecular weight excluding hydrogens is 661 g/mol. The first-order chi connectivity index (χ1) is 22.9. The van der Waals surface area contributed by atoms with Crippen LogP contribution in [-0.2, 0) is 23.8 Å². The van der Waals surface area contributed by atoms with Crippen LogP contribution in [0.2, 0.25) is 0 Å². The van der Waals surface area contributed by atoms with Crippen molar-refractivity contribution in [2.75, 3.05) is 46.4 Å². The summed E-state index contributed by atoms with van der Waals surface area (Å²) in [5.41, 5.74) is -0.729. The largest absolute Gasteiger partial charge is 0.463 e. The second-order valence-corrected chi connectivity index (χ2v) is 14.8. The number of nitrogens with zero attached hydrogens (tertiary/aromatic N) is 5. The zero-order chi connectivity index (χ0) is 35.9. The SMILES string of the molecule is CCOC(=O)C1=C(CN2CC(F)(F)[C@H]3[C@@H]2CN(C)N3CCOC(C)(C)C(=O)OC(C)(C)C)NC(c2nccs2)=N[C@H]1c1cccc(F)c1C. The zero-order valence-electron chi connectivity index (χ0n) is 29.2. The number of carbonyl (C=O) groups excluding carboxylic acids is 2. The molecule has 49 heavy (non-hydrogen) atoms. The lowest BCUT2D eigenvalue weighted by Crippen LogP contribution is -2.50. The van der Waals surface area contributed by atoms with Gasteiger partial charge < -0.3 is 19.5 Å². The van der Waals surface area contributed by atoms with Crippen molar-refractivity contribution in [1.29, 1.82) is 0 Å². The van der Waals surface area contributed by atoms with Gasteiger partial charge in [0.25, 0.3) is 5.92 Å². The number of fused-ring (bicyclic) bond motifs is 1. The number of thiazole rings is 1. The minimum atomic E-state index is -3.12. The molecule has 268 valence electrons. The molecule has 4 heterocycles. The average molecular weight is 707 g/mol. The van der Waals surface area contributed by atoms with Gasteiger partial charge in [-0.25, -0.2) is 37.8 Å². The van der Waals surface area contributed by atoms with Crippen LogP contribution < -0.4 is 5.32 Å². The minimum Gasteiger partial charge on any atom is -0.463 e. The Morgan fingerprint density at radius 1 is 1.18 bits per heavy atom. The summed E-state index contributed by atoms with van der Waals surface area (Å²) in [6.07, 6.45) is 1.61. The van der Waals surface area contributed by atoms with E-state index in [1.165, 1.54) is 17.4 Å². The number of carbonyl (C=O) groups is 2. The van der Waals surface area contributed by atoms with E-state index in [0.717, 1.165) is 0 Å². The number of benzene rings is 1. The minimum absolute atomic E-state index is 0.0118. The molecule has 0 unspecified atom stereocenters. The quantitative estimate of drug-likeness (QED) is 0.336. The van der Waals surface area contributed by atoms with E-state index in [0.29, 0.717) is 27.7 Å². The van der Waals surface area contributed by atoms with Gasteiger partial charge in [-0.15, -0.1) is 11.3 Å². The Hall–Kier alpha value is -3.37. The number of hydrazine groups is 1. The van der Waals surface area contributed by atoms with Crippen LogP contribution >= 0.6 is 11.3 Å². The smallest absolute Gasteiger partial charge is 0.338 e. The number of rotatable bonds is 11. The van der Waals surface area contributed by atoms with E-state index >= 15 is 8.78 Å². The molecule has 1 aromatic carbocycles. The molecule has 1 aromatic heterocycles. The molecule has 0 bridgehead atoms. The number of hydrogen-bond donors (Lipinski definition) is 1. The number of amidine groups is 1. The molecule has 1 N–H and O–H groups in total. The van der Waals surface area contributed by atoms with Gasteiger partial charge in [0.05, 0.1) is 25.3 Å². The standard InChI is InChI=1S/C34H45F3N6O5S/c1-9-46-30(44)25-23(39-28(29-38-13-16-49-29)40-26(25)21-11-10-12-22(35)20(21)2)17-42-19-34(36,37)27-24(42)18-41(8)43(27)14-15-47-33(6,7)31(45)48-32(3,4)5/h10-13,16,24,26-27H,9,14-15,17-19H2,1-8H3,(H,39,40)/t24-,26-,27+/m0/s1. The molecule has 0 saturated carbocycles. The number of halogens is 3. The number of aliphatic imine (C=N–C) groups is 1. The summed E-state index contributed by atoms with van der Waals surface area (Å²) in [4.78, 5) is 37.1. The Bertz CT molecular complexity index is 1610. The van der Waals surface area contributed by atoms with Gasteiger partial charge in [0.2, 0.25) is 0 Å². The van der Waals surface area contributed by atoms with E-state index < -0.39 is 59.6 Å². The molecule has 3 aliphatic rings. The molecule has 0 spiro atoms. The zero-order valence-corrected chi connectivity index (χ0v) is 30.0. The molecule has 2 saturated heterocycles. The van der Waals surface area contributed by atoms with Gasteiger partial charge in [0.1, 0.15) is 23.5 Å². The number of likely N-dealkylation sites (tertiary alicyclic amines) is 1. The van der Waals surface area contributed by atoms with Crippen LogP contribution in [0.15, 0.2) is 46.0 Å². The predicted molar refractivity (Wildman–Crippen MR) is 179 cm³/mol. The first kappa shape index (κ1) is 36.9. The molecule has 5 rings (SSSR count). The maximum absolute atomic E-state index is 16.0. The van der Waals surface area contributed by atoms with Crippen LogP contribution in [-0.4, -0.2) is 113 Å². The predicted octanol–water partition coefficient (Wildman–Crippen LogP) is 4.49. The molecule has 2 fully saturated rings. The monoisotopic (exact) mass is 706 g/mol. The summed E-state index contributed by atoms with van der Waals surface area (Å²) in [6, 6.07) is 1.82. The first-order valence-corrected chi connectivity index (χ1v) is 17.2. The Morgan fingerprint density at radius 3 is 2.57 bits per heavy atom. The van der Waals surface area contributed by atoms with Crippen molar-refractivity contribution in [2.24, 2.45) is 4.99 Å². The molecular formula is C34H45F3N6O5S. The normalized spacial score (nSPS) is 23.3. The lowest BCUT2D eigenvalue weighted by atomic mass is 9.92. The third-order valence-corrected chi connectivity index (χ3v) is 9.57. The average Bonchev–Trinajstić information content (AvgIpc) is 3.71. The summed E-state index contributed by atoms with van der Waals surface area (Å²) >= 11 is 1.32. The van der Waals surface area contributed by atoms with Gasteiger partial charge in [-0.3, -0.25) is 9.89 Å². The van der Waals surface area contributed by atoms with Gasteiger partial charge in [-0.2, -0.15) is 0 Å². The fourth-order valence-electron chi connectivity index (χ4n) is 6.49. The second kappa shape index (κ2) is 14.1. The van der Waals surface area contributed by atoms with Crippen molar-refractivity contribution in [3.63, 3.8) is 0 Å². The number of aromatic nitrogens is 1. The lowest BCUT2D eigenvalue weighted by molar-refractivity contribution is -0.182. The van der Waals surface area contributed by atoms with Crippen LogP contribution in [0.1, 0.15) is 63.7 Å². The fourth-order valence-corrected chi connectivity index (χ4v) is 7.07. The van der Waals surface area contributed by atoms with E-state index in [4.69, 9.17) is 19.2 Å². The van der Waals surface area contributed by atoms with Crippen LogP contribution in [0.4, 0.5) is 13.2 Å². The maximum atomic E-state index is 16.0. The van der Waals surface area contributed by atoms with E-state index in [1.54, 1.807) is 94.1 Å². The summed E-state index contributed by atoms with van der Waals surface area (Å²) in [6.45, 7) is 11.6. The maximum Gasteiger partial charge on any atom is 0.338 e. The fraction of sp³-hybridized carbons (Fsp3) is 0.588. The van der Waals surface area contributed by atoms with E-state index in [2.05, 4.69) is 10.3 Å². The first-order valence-electron chi connectivity index (χ1n) is 16.3. The Kier molecular flexibility index (Phi) is 10.6. The Morgan fingerprint density at radius 2 is 1.92 bits per heavy atom. The summed E-state index contributed by atoms with van der Waals surface area (Å²) in [7, 11) is 1.74. The number of hydrogen-bond acceptors (Lipinski definition) is 12. The number of esters is 2. The third kappa shape index (κ3) is 7.85. The summed E-state index contributed by atoms with van der Waals surface area (Å²) in [5, 5.41) is 8.86. The molecule has 0 radical (unpaired) electrons. The second-order valence-electron chi connectivity index (χ2n) is 14.0. The van der Waals surface area contributed by atoms with Crippen molar-refractivity contribution in [2.45, 2.75) is 83.7 Å². The molecule has 3 atom stereocenters. The summed E-state index contributed by atoms with van der Waals surface area (Å²) < 4.78 is 63.6. The number of likely N-dealkylation sites (N-methyl/N-ethyl adjacent to an activating group) is 1. The van der Waals surface area contributed by atoms with Gasteiger partial charge in [0, 0.05) is 50.0 Å². The van der Waals surface area contributed by atoms with Crippen LogP contribution in [0.5, 0.6) is 0 Å². The highest BCUT2D eigenvalue weighted by Gasteiger charge is 2.61. The highest BCUT2D eigenvalue weighted by Crippen LogP contribution is 2.42. The molecule has 0 aliphatic carbocycles. The molecule has 0 amide bonds. The van der Waals surface area contributed by atoms with Gasteiger partial charge in [0.15, 0.2) is 16.4 Å². The highest BCUT2D eigenvalue weighted by molar-refractivity contribution is 7.11. The Labute approximate surface area is 289 Å². The number of alkyl halides is 2. The van der Waals surface area contributed by atoms with Crippen LogP contribution in [0.25, 0.3) is 0 Å². The van der Waals surface area contributed by atoms with Crippen LogP contribution in [0, 0.1) is 12.7 Å². The van der Waals surface area contributed by atoms with Crippen LogP contribution in [0.3, 0.4) is 0 Å². The van der Waals surface area contributed by atoms with Gasteiger partial charge in [-0.05, 0) is 65.7 Å². The van der Waals surface area contributed by atoms with Crippen molar-refractivity contribution >= 4 is 29.1 Å². The topological polar surface area (TPSA) is 109 Å². The molecule has 11 nitrogen and oxygen atoms in total. The molecule has 15 heteroatoms. The molecule has 3 aliphatic heterocycles. The van der Waals surface area contributed by atoms with E-state index in [1.807, 2.05) is 0 Å². The number of nitrogens with one attached hydrogen (secondary N) is 1. The van der Waals surface area contributed by atoms with E-state index in [-0.39, 0.29) is 38.4 Å². The lowest BCUT2D eigenvalue weighted by Gasteiger charge is -2.33. The summed E-state index contributed by atoms with van der Waals surface area (Å²) in [5.74, 6) is -4.44. The van der Waals surface area contributed by atoms with E-state index in [9.17, 15) is 14.0 Å². The molecule has 2 aromatic rings. The van der Waals surface area contributed by atoms with Crippen molar-refractivity contribution < 1.29 is 37.0 Å².